The maximum absolute atomic E-state index is 12.9. The average Bonchev–Trinajstić information content (AvgIpc) is 3.48. The molecule has 2 aliphatic rings. The van der Waals surface area contributed by atoms with Gasteiger partial charge in [0.15, 0.2) is 0 Å². The van der Waals surface area contributed by atoms with Crippen LogP contribution in [0.25, 0.3) is 26.7 Å². The number of hydrogen-bond acceptors (Lipinski definition) is 7. The van der Waals surface area contributed by atoms with Crippen molar-refractivity contribution in [3.63, 3.8) is 0 Å². The molecule has 2 aromatic heterocycles. The first-order valence-corrected chi connectivity index (χ1v) is 12.7. The van der Waals surface area contributed by atoms with Crippen LogP contribution in [0.3, 0.4) is 0 Å². The highest BCUT2D eigenvalue weighted by Crippen LogP contribution is 2.41. The highest BCUT2D eigenvalue weighted by molar-refractivity contribution is 7.95. The summed E-state index contributed by atoms with van der Waals surface area (Å²) < 4.78 is 27.0. The highest BCUT2D eigenvalue weighted by Gasteiger charge is 2.30. The van der Waals surface area contributed by atoms with Crippen molar-refractivity contribution in [2.24, 2.45) is 5.92 Å². The molecule has 0 saturated carbocycles. The molecule has 2 N–H and O–H groups in total. The van der Waals surface area contributed by atoms with E-state index in [9.17, 15) is 8.42 Å². The zero-order valence-electron chi connectivity index (χ0n) is 16.6. The van der Waals surface area contributed by atoms with Crippen LogP contribution in [0.15, 0.2) is 58.4 Å². The Hall–Kier alpha value is -2.81. The van der Waals surface area contributed by atoms with E-state index in [0.29, 0.717) is 10.8 Å². The van der Waals surface area contributed by atoms with E-state index in [2.05, 4.69) is 20.6 Å². The second-order valence-corrected chi connectivity index (χ2v) is 10.8. The topological polar surface area (TPSA) is 84.0 Å². The second kappa shape index (κ2) is 7.12. The molecule has 0 bridgehead atoms. The quantitative estimate of drug-likeness (QED) is 0.470. The maximum Gasteiger partial charge on any atom is 0.200 e. The first kappa shape index (κ1) is 18.9. The molecule has 1 saturated heterocycles. The Morgan fingerprint density at radius 3 is 2.94 bits per heavy atom. The summed E-state index contributed by atoms with van der Waals surface area (Å²) in [5, 5.41) is 9.03. The molecule has 0 spiro atoms. The molecule has 1 fully saturated rings. The number of nitrogens with zero attached hydrogens (tertiary/aromatic N) is 2. The van der Waals surface area contributed by atoms with E-state index < -0.39 is 9.84 Å². The third-order valence-electron chi connectivity index (χ3n) is 6.07. The number of benzene rings is 2. The number of fused-ring (bicyclic) bond motifs is 3. The largest absolute Gasteiger partial charge is 0.355 e. The van der Waals surface area contributed by atoms with Gasteiger partial charge in [0.25, 0.3) is 0 Å². The smallest absolute Gasteiger partial charge is 0.200 e. The van der Waals surface area contributed by atoms with Crippen molar-refractivity contribution >= 4 is 59.2 Å². The minimum absolute atomic E-state index is 0.381. The Labute approximate surface area is 184 Å². The molecule has 156 valence electrons. The molecule has 0 amide bonds. The molecule has 31 heavy (non-hydrogen) atoms. The molecule has 6 nitrogen and oxygen atoms in total. The van der Waals surface area contributed by atoms with Crippen molar-refractivity contribution in [3.05, 3.63) is 59.1 Å². The van der Waals surface area contributed by atoms with Crippen LogP contribution < -0.4 is 10.6 Å². The molecular formula is C23H20N4O2S2. The Morgan fingerprint density at radius 1 is 1.13 bits per heavy atom. The highest BCUT2D eigenvalue weighted by atomic mass is 32.2. The number of rotatable bonds is 4. The zero-order chi connectivity index (χ0) is 21.0. The zero-order valence-corrected chi connectivity index (χ0v) is 18.3. The molecular weight excluding hydrogens is 428 g/mol. The number of allylic oxidation sites excluding steroid dienone is 1. The van der Waals surface area contributed by atoms with Crippen LogP contribution in [0.1, 0.15) is 18.4 Å². The van der Waals surface area contributed by atoms with Gasteiger partial charge in [0.05, 0.1) is 26.1 Å². The van der Waals surface area contributed by atoms with Crippen LogP contribution in [0.2, 0.25) is 0 Å². The summed E-state index contributed by atoms with van der Waals surface area (Å²) >= 11 is 1.60. The fourth-order valence-corrected chi connectivity index (χ4v) is 6.69. The third-order valence-corrected chi connectivity index (χ3v) is 8.43. The summed E-state index contributed by atoms with van der Waals surface area (Å²) in [7, 11) is -3.45. The summed E-state index contributed by atoms with van der Waals surface area (Å²) in [4.78, 5) is 9.29. The van der Waals surface area contributed by atoms with Gasteiger partial charge in [-0.3, -0.25) is 4.98 Å². The van der Waals surface area contributed by atoms with E-state index in [4.69, 9.17) is 0 Å². The molecule has 2 aliphatic heterocycles. The molecule has 0 aliphatic carbocycles. The van der Waals surface area contributed by atoms with Gasteiger partial charge in [0.1, 0.15) is 0 Å². The first-order valence-electron chi connectivity index (χ1n) is 10.3. The number of anilines is 2. The van der Waals surface area contributed by atoms with Gasteiger partial charge in [-0.2, -0.15) is 0 Å². The van der Waals surface area contributed by atoms with Crippen LogP contribution in [-0.2, 0) is 9.84 Å². The van der Waals surface area contributed by atoms with Crippen molar-refractivity contribution < 1.29 is 8.42 Å². The molecule has 2 aromatic carbocycles. The molecule has 4 heterocycles. The van der Waals surface area contributed by atoms with Crippen LogP contribution in [0.4, 0.5) is 11.4 Å². The van der Waals surface area contributed by atoms with E-state index in [1.54, 1.807) is 23.6 Å². The lowest BCUT2D eigenvalue weighted by Gasteiger charge is -2.13. The predicted molar refractivity (Wildman–Crippen MR) is 125 cm³/mol. The second-order valence-electron chi connectivity index (χ2n) is 8.13. The first-order chi connectivity index (χ1) is 15.1. The molecule has 1 atom stereocenters. The van der Waals surface area contributed by atoms with Crippen molar-refractivity contribution in [3.8, 4) is 0 Å². The minimum Gasteiger partial charge on any atom is -0.355 e. The van der Waals surface area contributed by atoms with E-state index >= 15 is 0 Å². The van der Waals surface area contributed by atoms with Crippen molar-refractivity contribution in [1.82, 2.24) is 15.3 Å². The van der Waals surface area contributed by atoms with Crippen molar-refractivity contribution in [2.75, 3.05) is 18.4 Å². The lowest BCUT2D eigenvalue weighted by molar-refractivity contribution is 0.601. The summed E-state index contributed by atoms with van der Waals surface area (Å²) in [6, 6.07) is 11.6. The average molecular weight is 449 g/mol. The maximum atomic E-state index is 12.9. The van der Waals surface area contributed by atoms with Gasteiger partial charge in [-0.15, -0.1) is 11.3 Å². The Bertz CT molecular complexity index is 1470. The van der Waals surface area contributed by atoms with E-state index in [0.717, 1.165) is 69.6 Å². The van der Waals surface area contributed by atoms with Crippen molar-refractivity contribution in [2.45, 2.75) is 17.7 Å². The van der Waals surface area contributed by atoms with E-state index in [1.165, 1.54) is 5.41 Å². The number of thiazole rings is 1. The van der Waals surface area contributed by atoms with E-state index in [-0.39, 0.29) is 0 Å². The predicted octanol–water partition coefficient (Wildman–Crippen LogP) is 4.72. The van der Waals surface area contributed by atoms with Gasteiger partial charge in [-0.1, -0.05) is 0 Å². The third kappa shape index (κ3) is 3.31. The number of aromatic nitrogens is 2. The van der Waals surface area contributed by atoms with Gasteiger partial charge in [0, 0.05) is 28.4 Å². The molecule has 6 rings (SSSR count). The van der Waals surface area contributed by atoms with Crippen LogP contribution in [0.5, 0.6) is 0 Å². The van der Waals surface area contributed by atoms with Gasteiger partial charge < -0.3 is 10.6 Å². The fourth-order valence-electron chi connectivity index (χ4n) is 4.53. The van der Waals surface area contributed by atoms with E-state index in [1.807, 2.05) is 35.8 Å². The standard InChI is InChI=1S/C23H20N4O2S2/c28-31(29)12-15(7-14-3-5-24-11-14)17-9-20-18(10-23(17)31)19(4-6-25-20)27-16-1-2-22-21(8-16)26-13-30-22/h1-2,4,6,8-10,12-14,24H,3,5,7,11H2,(H,25,27). The SMILES string of the molecule is O=S1(=O)C=C(CC2CCNC2)c2cc3nccc(Nc4ccc5scnc5c4)c3cc21. The van der Waals surface area contributed by atoms with Gasteiger partial charge in [0.2, 0.25) is 9.84 Å². The summed E-state index contributed by atoms with van der Waals surface area (Å²) in [6.07, 6.45) is 3.61. The number of hydrogen-bond donors (Lipinski definition) is 2. The molecule has 1 unspecified atom stereocenters. The van der Waals surface area contributed by atoms with Gasteiger partial charge in [-0.05, 0) is 79.4 Å². The summed E-state index contributed by atoms with van der Waals surface area (Å²) in [5.74, 6) is 0.477. The Morgan fingerprint density at radius 2 is 2.06 bits per heavy atom. The minimum atomic E-state index is -3.45. The Balaban J connectivity index is 1.42. The van der Waals surface area contributed by atoms with Gasteiger partial charge in [-0.25, -0.2) is 13.4 Å². The molecule has 4 aromatic rings. The lowest BCUT2D eigenvalue weighted by Crippen LogP contribution is -2.09. The summed E-state index contributed by atoms with van der Waals surface area (Å²) in [6.45, 7) is 1.94. The number of pyridine rings is 1. The molecule has 0 radical (unpaired) electrons. The van der Waals surface area contributed by atoms with Crippen LogP contribution in [-0.4, -0.2) is 31.5 Å². The normalized spacial score (nSPS) is 19.6. The fraction of sp³-hybridized carbons (Fsp3) is 0.217. The van der Waals surface area contributed by atoms with Crippen LogP contribution >= 0.6 is 11.3 Å². The number of nitrogens with one attached hydrogen (secondary N) is 2. The number of sulfone groups is 1. The lowest BCUT2D eigenvalue weighted by atomic mass is 9.94. The van der Waals surface area contributed by atoms with Gasteiger partial charge >= 0.3 is 0 Å². The van der Waals surface area contributed by atoms with Crippen LogP contribution in [0, 0.1) is 5.92 Å². The van der Waals surface area contributed by atoms with Crippen molar-refractivity contribution in [1.29, 1.82) is 0 Å². The Kier molecular flexibility index (Phi) is 4.34. The molecule has 8 heteroatoms. The monoisotopic (exact) mass is 448 g/mol. The summed E-state index contributed by atoms with van der Waals surface area (Å²) in [5.41, 5.74) is 6.98.